The highest BCUT2D eigenvalue weighted by atomic mass is 31.1. The highest BCUT2D eigenvalue weighted by Crippen LogP contribution is 2.08. The zero-order valence-electron chi connectivity index (χ0n) is 21.8. The van der Waals surface area contributed by atoms with Crippen LogP contribution in [0.2, 0.25) is 0 Å². The molecule has 1 unspecified atom stereocenters. The van der Waals surface area contributed by atoms with Gasteiger partial charge in [0.1, 0.15) is 6.04 Å². The van der Waals surface area contributed by atoms with Crippen molar-refractivity contribution in [2.24, 2.45) is 0 Å². The smallest absolute Gasteiger partial charge is 0.253 e. The van der Waals surface area contributed by atoms with E-state index in [9.17, 15) is 33.6 Å². The highest BCUT2D eigenvalue weighted by Gasteiger charge is 2.23. The SMILES string of the molecule is CPC(=O)CNC(=O)[C@H](Cc1ccccc1)NC(=O)CNC(=O)CNC(=O)CCCCCN1C(=O)C=CC1=O. The molecule has 1 aromatic rings. The van der Waals surface area contributed by atoms with E-state index in [1.807, 2.05) is 18.2 Å². The molecule has 12 nitrogen and oxygen atoms in total. The summed E-state index contributed by atoms with van der Waals surface area (Å²) in [7, 11) is 0.0428. The number of unbranched alkanes of at least 4 members (excludes halogenated alkanes) is 2. The van der Waals surface area contributed by atoms with Gasteiger partial charge in [-0.25, -0.2) is 0 Å². The number of carbonyl (C=O) groups is 7. The lowest BCUT2D eigenvalue weighted by Crippen LogP contribution is -2.51. The van der Waals surface area contributed by atoms with Crippen molar-refractivity contribution in [2.75, 3.05) is 32.8 Å². The molecule has 6 amide bonds. The Bertz CT molecular complexity index is 1080. The summed E-state index contributed by atoms with van der Waals surface area (Å²) in [4.78, 5) is 84.7. The van der Waals surface area contributed by atoms with Gasteiger partial charge in [0.25, 0.3) is 11.8 Å². The van der Waals surface area contributed by atoms with E-state index in [2.05, 4.69) is 21.3 Å². The molecule has 210 valence electrons. The Morgan fingerprint density at radius 1 is 0.795 bits per heavy atom. The fourth-order valence-electron chi connectivity index (χ4n) is 3.58. The predicted molar refractivity (Wildman–Crippen MR) is 145 cm³/mol. The van der Waals surface area contributed by atoms with E-state index in [-0.39, 0.29) is 57.8 Å². The van der Waals surface area contributed by atoms with Crippen molar-refractivity contribution in [2.45, 2.75) is 38.1 Å². The molecule has 0 spiro atoms. The summed E-state index contributed by atoms with van der Waals surface area (Å²) < 4.78 is 0. The minimum atomic E-state index is -0.942. The van der Waals surface area contributed by atoms with Crippen LogP contribution >= 0.6 is 8.58 Å². The molecule has 39 heavy (non-hydrogen) atoms. The molecule has 1 aliphatic heterocycles. The molecule has 0 saturated carbocycles. The van der Waals surface area contributed by atoms with Gasteiger partial charge >= 0.3 is 0 Å². The lowest BCUT2D eigenvalue weighted by Gasteiger charge is -2.19. The first-order valence-corrected chi connectivity index (χ1v) is 14.1. The number of amides is 6. The van der Waals surface area contributed by atoms with Crippen molar-refractivity contribution in [3.05, 3.63) is 48.0 Å². The van der Waals surface area contributed by atoms with Crippen LogP contribution < -0.4 is 21.3 Å². The molecule has 1 aromatic carbocycles. The molecule has 2 atom stereocenters. The second-order valence-corrected chi connectivity index (χ2v) is 9.78. The lowest BCUT2D eigenvalue weighted by molar-refractivity contribution is -0.137. The van der Waals surface area contributed by atoms with Gasteiger partial charge in [0.05, 0.1) is 19.6 Å². The van der Waals surface area contributed by atoms with Crippen LogP contribution in [0.1, 0.15) is 31.2 Å². The Hall–Kier alpha value is -3.92. The molecule has 1 aliphatic rings. The van der Waals surface area contributed by atoms with Crippen LogP contribution in [0.5, 0.6) is 0 Å². The maximum absolute atomic E-state index is 12.6. The summed E-state index contributed by atoms with van der Waals surface area (Å²) in [5, 5.41) is 9.98. The topological polar surface area (TPSA) is 171 Å². The Morgan fingerprint density at radius 3 is 2.10 bits per heavy atom. The summed E-state index contributed by atoms with van der Waals surface area (Å²) in [5.41, 5.74) is 0.693. The van der Waals surface area contributed by atoms with E-state index in [0.717, 1.165) is 10.5 Å². The predicted octanol–water partition coefficient (Wildman–Crippen LogP) is -0.617. The maximum atomic E-state index is 12.6. The summed E-state index contributed by atoms with van der Waals surface area (Å²) in [6, 6.07) is 8.11. The molecule has 0 fully saturated rings. The quantitative estimate of drug-likeness (QED) is 0.112. The number of hydrogen-bond donors (Lipinski definition) is 4. The maximum Gasteiger partial charge on any atom is 0.253 e. The first kappa shape index (κ1) is 31.3. The largest absolute Gasteiger partial charge is 0.347 e. The van der Waals surface area contributed by atoms with Gasteiger partial charge in [0.15, 0.2) is 5.52 Å². The van der Waals surface area contributed by atoms with Crippen LogP contribution in [0.3, 0.4) is 0 Å². The number of carbonyl (C=O) groups excluding carboxylic acids is 7. The number of benzene rings is 1. The molecule has 4 N–H and O–H groups in total. The molecule has 1 heterocycles. The first-order chi connectivity index (χ1) is 18.7. The van der Waals surface area contributed by atoms with Crippen molar-refractivity contribution in [1.82, 2.24) is 26.2 Å². The second kappa shape index (κ2) is 16.8. The van der Waals surface area contributed by atoms with Crippen molar-refractivity contribution in [3.8, 4) is 0 Å². The third-order valence-electron chi connectivity index (χ3n) is 5.71. The lowest BCUT2D eigenvalue weighted by atomic mass is 10.1. The standard InChI is InChI=1S/C26H34N5O7P/c1-39-25(37)17-29-26(38)19(14-18-8-4-2-5-9-18)30-22(34)16-28-21(33)15-27-20(32)10-6-3-7-13-31-23(35)11-12-24(31)36/h2,4-5,8-9,11-12,19,39H,3,6-7,10,13-17H2,1H3,(H,27,32)(H,28,33)(H,29,38)(H,30,34)/t19-/m0/s1. The third kappa shape index (κ3) is 12.0. The van der Waals surface area contributed by atoms with Gasteiger partial charge in [-0.2, -0.15) is 0 Å². The molecule has 0 saturated heterocycles. The van der Waals surface area contributed by atoms with Crippen LogP contribution in [0.15, 0.2) is 42.5 Å². The normalized spacial score (nSPS) is 13.4. The fourth-order valence-corrected chi connectivity index (χ4v) is 3.84. The Kier molecular flexibility index (Phi) is 13.5. The van der Waals surface area contributed by atoms with E-state index in [0.29, 0.717) is 25.8 Å². The minimum Gasteiger partial charge on any atom is -0.347 e. The number of rotatable bonds is 17. The molecule has 0 aliphatic carbocycles. The molecule has 0 radical (unpaired) electrons. The number of nitrogens with one attached hydrogen (secondary N) is 4. The molecular weight excluding hydrogens is 525 g/mol. The van der Waals surface area contributed by atoms with Gasteiger partial charge in [-0.05, 0) is 25.1 Å². The second-order valence-electron chi connectivity index (χ2n) is 8.73. The van der Waals surface area contributed by atoms with Crippen LogP contribution in [-0.4, -0.2) is 84.8 Å². The van der Waals surface area contributed by atoms with Gasteiger partial charge in [-0.1, -0.05) is 45.3 Å². The van der Waals surface area contributed by atoms with Gasteiger partial charge in [0, 0.05) is 31.5 Å². The Morgan fingerprint density at radius 2 is 1.44 bits per heavy atom. The van der Waals surface area contributed by atoms with Crippen LogP contribution in [-0.2, 0) is 40.0 Å². The average molecular weight is 560 g/mol. The average Bonchev–Trinajstić information content (AvgIpc) is 3.25. The van der Waals surface area contributed by atoms with Gasteiger partial charge in [-0.3, -0.25) is 38.5 Å². The van der Waals surface area contributed by atoms with E-state index in [1.165, 1.54) is 12.2 Å². The summed E-state index contributed by atoms with van der Waals surface area (Å²) in [6.45, 7) is 1.17. The van der Waals surface area contributed by atoms with Crippen LogP contribution in [0.25, 0.3) is 0 Å². The first-order valence-electron chi connectivity index (χ1n) is 12.6. The van der Waals surface area contributed by atoms with E-state index < -0.39 is 30.3 Å². The Balaban J connectivity index is 1.67. The molecule has 0 bridgehead atoms. The minimum absolute atomic E-state index is 0.0428. The van der Waals surface area contributed by atoms with E-state index in [4.69, 9.17) is 0 Å². The zero-order valence-corrected chi connectivity index (χ0v) is 22.8. The summed E-state index contributed by atoms with van der Waals surface area (Å²) >= 11 is 0. The van der Waals surface area contributed by atoms with Crippen LogP contribution in [0, 0.1) is 0 Å². The van der Waals surface area contributed by atoms with Gasteiger partial charge in [0.2, 0.25) is 23.6 Å². The van der Waals surface area contributed by atoms with E-state index >= 15 is 0 Å². The van der Waals surface area contributed by atoms with Gasteiger partial charge in [-0.15, -0.1) is 0 Å². The number of hydrogen-bond acceptors (Lipinski definition) is 7. The fraction of sp³-hybridized carbons (Fsp3) is 0.423. The number of imide groups is 1. The molecule has 0 aromatic heterocycles. The van der Waals surface area contributed by atoms with Crippen molar-refractivity contribution < 1.29 is 33.6 Å². The van der Waals surface area contributed by atoms with Crippen molar-refractivity contribution >= 4 is 49.5 Å². The monoisotopic (exact) mass is 559 g/mol. The van der Waals surface area contributed by atoms with Crippen molar-refractivity contribution in [3.63, 3.8) is 0 Å². The highest BCUT2D eigenvalue weighted by molar-refractivity contribution is 7.57. The Labute approximate surface area is 228 Å². The van der Waals surface area contributed by atoms with Gasteiger partial charge < -0.3 is 21.3 Å². The number of nitrogens with zero attached hydrogens (tertiary/aromatic N) is 1. The molecule has 2 rings (SSSR count). The van der Waals surface area contributed by atoms with Crippen molar-refractivity contribution in [1.29, 1.82) is 0 Å². The third-order valence-corrected chi connectivity index (χ3v) is 6.45. The summed E-state index contributed by atoms with van der Waals surface area (Å²) in [5.74, 6) is -2.69. The summed E-state index contributed by atoms with van der Waals surface area (Å²) in [6.07, 6.45) is 4.54. The zero-order chi connectivity index (χ0) is 28.6. The van der Waals surface area contributed by atoms with Crippen LogP contribution in [0.4, 0.5) is 0 Å². The molecule has 13 heteroatoms. The molecular formula is C26H34N5O7P. The van der Waals surface area contributed by atoms with E-state index in [1.54, 1.807) is 18.8 Å².